The van der Waals surface area contributed by atoms with Crippen LogP contribution >= 0.6 is 11.6 Å². The number of aliphatic hydroxyl groups excluding tert-OH is 1. The van der Waals surface area contributed by atoms with Gasteiger partial charge in [-0.15, -0.1) is 0 Å². The van der Waals surface area contributed by atoms with Crippen molar-refractivity contribution in [3.05, 3.63) is 46.2 Å². The molecule has 1 atom stereocenters. The van der Waals surface area contributed by atoms with Gasteiger partial charge in [0.25, 0.3) is 0 Å². The fourth-order valence-electron chi connectivity index (χ4n) is 2.29. The number of nitrogens with zero attached hydrogens (tertiary/aromatic N) is 2. The molecule has 2 rings (SSSR count). The second-order valence-electron chi connectivity index (χ2n) is 4.72. The summed E-state index contributed by atoms with van der Waals surface area (Å²) in [4.78, 5) is 0. The third-order valence-electron chi connectivity index (χ3n) is 3.29. The van der Waals surface area contributed by atoms with Crippen molar-refractivity contribution < 1.29 is 9.84 Å². The van der Waals surface area contributed by atoms with E-state index in [2.05, 4.69) is 12.0 Å². The molecule has 20 heavy (non-hydrogen) atoms. The molecule has 0 bridgehead atoms. The van der Waals surface area contributed by atoms with Gasteiger partial charge in [-0.25, -0.2) is 0 Å². The molecule has 0 aliphatic rings. The molecule has 0 radical (unpaired) electrons. The van der Waals surface area contributed by atoms with Gasteiger partial charge in [-0.3, -0.25) is 4.68 Å². The minimum absolute atomic E-state index is 0.598. The fourth-order valence-corrected chi connectivity index (χ4v) is 2.52. The Morgan fingerprint density at radius 2 is 2.20 bits per heavy atom. The molecule has 0 spiro atoms. The first-order chi connectivity index (χ1) is 9.58. The SMILES string of the molecule is CCCn1ncc(OC)c1C(O)c1ccc(Cl)cc1C. The van der Waals surface area contributed by atoms with Crippen LogP contribution in [0.25, 0.3) is 0 Å². The number of aromatic nitrogens is 2. The van der Waals surface area contributed by atoms with Gasteiger partial charge in [-0.1, -0.05) is 24.6 Å². The Hall–Kier alpha value is -1.52. The molecule has 5 heteroatoms. The third-order valence-corrected chi connectivity index (χ3v) is 3.52. The number of halogens is 1. The summed E-state index contributed by atoms with van der Waals surface area (Å²) >= 11 is 5.96. The number of aryl methyl sites for hydroxylation is 2. The van der Waals surface area contributed by atoms with Crippen molar-refractivity contribution in [3.63, 3.8) is 0 Å². The smallest absolute Gasteiger partial charge is 0.163 e. The van der Waals surface area contributed by atoms with E-state index in [1.165, 1.54) is 0 Å². The van der Waals surface area contributed by atoms with Crippen molar-refractivity contribution in [1.82, 2.24) is 9.78 Å². The Kier molecular flexibility index (Phi) is 4.68. The quantitative estimate of drug-likeness (QED) is 0.920. The predicted octanol–water partition coefficient (Wildman–Crippen LogP) is 3.35. The second-order valence-corrected chi connectivity index (χ2v) is 5.16. The van der Waals surface area contributed by atoms with E-state index in [-0.39, 0.29) is 0 Å². The van der Waals surface area contributed by atoms with Crippen molar-refractivity contribution in [3.8, 4) is 5.75 Å². The van der Waals surface area contributed by atoms with E-state index in [9.17, 15) is 5.11 Å². The van der Waals surface area contributed by atoms with Gasteiger partial charge in [-0.05, 0) is 36.6 Å². The minimum Gasteiger partial charge on any atom is -0.493 e. The van der Waals surface area contributed by atoms with Gasteiger partial charge in [0, 0.05) is 11.6 Å². The van der Waals surface area contributed by atoms with Crippen molar-refractivity contribution >= 4 is 11.6 Å². The maximum atomic E-state index is 10.7. The number of hydrogen-bond acceptors (Lipinski definition) is 3. The maximum absolute atomic E-state index is 10.7. The highest BCUT2D eigenvalue weighted by atomic mass is 35.5. The van der Waals surface area contributed by atoms with Gasteiger partial charge in [0.2, 0.25) is 0 Å². The van der Waals surface area contributed by atoms with Gasteiger partial charge in [-0.2, -0.15) is 5.10 Å². The van der Waals surface area contributed by atoms with Gasteiger partial charge in [0.1, 0.15) is 11.8 Å². The molecule has 0 fully saturated rings. The van der Waals surface area contributed by atoms with Crippen LogP contribution in [0.3, 0.4) is 0 Å². The molecule has 4 nitrogen and oxygen atoms in total. The Bertz CT molecular complexity index is 596. The Morgan fingerprint density at radius 3 is 2.80 bits per heavy atom. The Labute approximate surface area is 123 Å². The number of ether oxygens (including phenoxy) is 1. The first-order valence-corrected chi connectivity index (χ1v) is 7.00. The summed E-state index contributed by atoms with van der Waals surface area (Å²) in [5, 5.41) is 15.6. The molecule has 1 aromatic heterocycles. The van der Waals surface area contributed by atoms with Crippen molar-refractivity contribution in [2.24, 2.45) is 0 Å². The lowest BCUT2D eigenvalue weighted by molar-refractivity contribution is 0.201. The van der Waals surface area contributed by atoms with Crippen LogP contribution in [0.4, 0.5) is 0 Å². The maximum Gasteiger partial charge on any atom is 0.163 e. The summed E-state index contributed by atoms with van der Waals surface area (Å²) in [6, 6.07) is 5.46. The molecule has 1 aromatic carbocycles. The highest BCUT2D eigenvalue weighted by Gasteiger charge is 2.22. The zero-order chi connectivity index (χ0) is 14.7. The molecule has 108 valence electrons. The summed E-state index contributed by atoms with van der Waals surface area (Å²) in [6.07, 6.45) is 1.79. The average Bonchev–Trinajstić information content (AvgIpc) is 2.81. The van der Waals surface area contributed by atoms with Crippen LogP contribution in [0.1, 0.15) is 36.3 Å². The first-order valence-electron chi connectivity index (χ1n) is 6.62. The fraction of sp³-hybridized carbons (Fsp3) is 0.400. The molecule has 0 saturated carbocycles. The highest BCUT2D eigenvalue weighted by molar-refractivity contribution is 6.30. The molecular formula is C15H19ClN2O2. The van der Waals surface area contributed by atoms with Crippen LogP contribution < -0.4 is 4.74 Å². The summed E-state index contributed by atoms with van der Waals surface area (Å²) in [7, 11) is 1.58. The second kappa shape index (κ2) is 6.29. The number of hydrogen-bond donors (Lipinski definition) is 1. The molecule has 1 N–H and O–H groups in total. The topological polar surface area (TPSA) is 47.3 Å². The summed E-state index contributed by atoms with van der Waals surface area (Å²) in [5.41, 5.74) is 2.43. The highest BCUT2D eigenvalue weighted by Crippen LogP contribution is 2.32. The molecule has 0 aliphatic carbocycles. The van der Waals surface area contributed by atoms with Gasteiger partial charge in [0.15, 0.2) is 5.75 Å². The molecule has 2 aromatic rings. The molecule has 0 saturated heterocycles. The van der Waals surface area contributed by atoms with Crippen LogP contribution in [0.5, 0.6) is 5.75 Å². The van der Waals surface area contributed by atoms with E-state index in [1.807, 2.05) is 19.1 Å². The lowest BCUT2D eigenvalue weighted by Gasteiger charge is -2.17. The van der Waals surface area contributed by atoms with Crippen LogP contribution in [-0.2, 0) is 6.54 Å². The van der Waals surface area contributed by atoms with Crippen LogP contribution in [-0.4, -0.2) is 22.0 Å². The van der Waals surface area contributed by atoms with E-state index in [4.69, 9.17) is 16.3 Å². The molecule has 1 heterocycles. The van der Waals surface area contributed by atoms with Crippen molar-refractivity contribution in [2.45, 2.75) is 32.9 Å². The summed E-state index contributed by atoms with van der Waals surface area (Å²) in [5.74, 6) is 0.598. The van der Waals surface area contributed by atoms with Crippen molar-refractivity contribution in [2.75, 3.05) is 7.11 Å². The molecule has 1 unspecified atom stereocenters. The first kappa shape index (κ1) is 14.9. The predicted molar refractivity (Wildman–Crippen MR) is 79.3 cm³/mol. The number of rotatable bonds is 5. The van der Waals surface area contributed by atoms with Gasteiger partial charge < -0.3 is 9.84 Å². The van der Waals surface area contributed by atoms with Crippen molar-refractivity contribution in [1.29, 1.82) is 0 Å². The lowest BCUT2D eigenvalue weighted by Crippen LogP contribution is -2.12. The zero-order valence-electron chi connectivity index (χ0n) is 11.9. The standard InChI is InChI=1S/C15H19ClN2O2/c1-4-7-18-14(13(20-3)9-17-18)15(19)12-6-5-11(16)8-10(12)2/h5-6,8-9,15,19H,4,7H2,1-3H3. The van der Waals surface area contributed by atoms with E-state index >= 15 is 0 Å². The monoisotopic (exact) mass is 294 g/mol. The van der Waals surface area contributed by atoms with Crippen LogP contribution in [0.2, 0.25) is 5.02 Å². The molecule has 0 aliphatic heterocycles. The van der Waals surface area contributed by atoms with E-state index in [0.717, 1.165) is 24.1 Å². The minimum atomic E-state index is -0.781. The number of benzene rings is 1. The van der Waals surface area contributed by atoms with Gasteiger partial charge >= 0.3 is 0 Å². The van der Waals surface area contributed by atoms with Crippen LogP contribution in [0.15, 0.2) is 24.4 Å². The van der Waals surface area contributed by atoms with E-state index in [1.54, 1.807) is 24.1 Å². The zero-order valence-corrected chi connectivity index (χ0v) is 12.7. The Morgan fingerprint density at radius 1 is 1.45 bits per heavy atom. The number of methoxy groups -OCH3 is 1. The van der Waals surface area contributed by atoms with E-state index in [0.29, 0.717) is 16.5 Å². The van der Waals surface area contributed by atoms with Crippen LogP contribution in [0, 0.1) is 6.92 Å². The van der Waals surface area contributed by atoms with E-state index < -0.39 is 6.10 Å². The van der Waals surface area contributed by atoms with Gasteiger partial charge in [0.05, 0.1) is 13.3 Å². The molecular weight excluding hydrogens is 276 g/mol. The lowest BCUT2D eigenvalue weighted by atomic mass is 10.0. The Balaban J connectivity index is 2.46. The largest absolute Gasteiger partial charge is 0.493 e. The number of aliphatic hydroxyl groups is 1. The summed E-state index contributed by atoms with van der Waals surface area (Å²) < 4.78 is 7.10. The average molecular weight is 295 g/mol. The summed E-state index contributed by atoms with van der Waals surface area (Å²) in [6.45, 7) is 4.73. The molecule has 0 amide bonds. The third kappa shape index (κ3) is 2.81. The normalized spacial score (nSPS) is 12.4.